The van der Waals surface area contributed by atoms with E-state index in [2.05, 4.69) is 30.4 Å². The Morgan fingerprint density at radius 3 is 2.95 bits per heavy atom. The fourth-order valence-corrected chi connectivity index (χ4v) is 2.51. The van der Waals surface area contributed by atoms with E-state index in [-0.39, 0.29) is 11.3 Å². The van der Waals surface area contributed by atoms with Crippen LogP contribution in [-0.4, -0.2) is 29.7 Å². The van der Waals surface area contributed by atoms with E-state index in [1.54, 1.807) is 11.3 Å². The average molecular weight is 308 g/mol. The number of thiophene rings is 1. The lowest BCUT2D eigenvalue weighted by Crippen LogP contribution is -2.11. The van der Waals surface area contributed by atoms with Crippen LogP contribution in [0.25, 0.3) is 5.95 Å². The van der Waals surface area contributed by atoms with Crippen LogP contribution in [-0.2, 0) is 0 Å². The fraction of sp³-hybridized carbons (Fsp3) is 0.182. The molecule has 1 unspecified atom stereocenters. The standard InChI is InChI=1S/C11H10ClN7S/c1-7(8-3-2-4-20-8)15-10-16-9(12)17-11(18-10)19-6-13-5-14-19/h2-7H,1H3,(H,15,16,17,18). The van der Waals surface area contributed by atoms with Crippen molar-refractivity contribution < 1.29 is 0 Å². The van der Waals surface area contributed by atoms with Crippen LogP contribution in [0, 0.1) is 0 Å². The molecule has 9 heteroatoms. The largest absolute Gasteiger partial charge is 0.347 e. The zero-order valence-corrected chi connectivity index (χ0v) is 12.0. The molecule has 0 bridgehead atoms. The van der Waals surface area contributed by atoms with Gasteiger partial charge < -0.3 is 5.32 Å². The van der Waals surface area contributed by atoms with Crippen LogP contribution in [0.4, 0.5) is 5.95 Å². The van der Waals surface area contributed by atoms with Crippen molar-refractivity contribution in [3.8, 4) is 5.95 Å². The highest BCUT2D eigenvalue weighted by Gasteiger charge is 2.11. The molecule has 0 aliphatic carbocycles. The van der Waals surface area contributed by atoms with Crippen molar-refractivity contribution in [3.05, 3.63) is 40.3 Å². The second-order valence-electron chi connectivity index (χ2n) is 3.95. The van der Waals surface area contributed by atoms with Gasteiger partial charge in [-0.05, 0) is 30.0 Å². The fourth-order valence-electron chi connectivity index (χ4n) is 1.62. The molecule has 0 saturated heterocycles. The molecule has 7 nitrogen and oxygen atoms in total. The number of rotatable bonds is 4. The van der Waals surface area contributed by atoms with Gasteiger partial charge in [-0.25, -0.2) is 4.98 Å². The molecule has 0 aliphatic heterocycles. The maximum absolute atomic E-state index is 5.91. The van der Waals surface area contributed by atoms with Crippen LogP contribution in [0.3, 0.4) is 0 Å². The third kappa shape index (κ3) is 2.75. The molecule has 0 radical (unpaired) electrons. The van der Waals surface area contributed by atoms with Gasteiger partial charge in [-0.3, -0.25) is 0 Å². The highest BCUT2D eigenvalue weighted by molar-refractivity contribution is 7.10. The molecular weight excluding hydrogens is 298 g/mol. The van der Waals surface area contributed by atoms with E-state index < -0.39 is 0 Å². The van der Waals surface area contributed by atoms with Crippen LogP contribution in [0.5, 0.6) is 0 Å². The van der Waals surface area contributed by atoms with Crippen molar-refractivity contribution in [2.45, 2.75) is 13.0 Å². The molecule has 0 aromatic carbocycles. The monoisotopic (exact) mass is 307 g/mol. The third-order valence-corrected chi connectivity index (χ3v) is 3.76. The van der Waals surface area contributed by atoms with Gasteiger partial charge in [0.15, 0.2) is 0 Å². The molecule has 0 amide bonds. The van der Waals surface area contributed by atoms with Crippen LogP contribution < -0.4 is 5.32 Å². The van der Waals surface area contributed by atoms with E-state index in [1.165, 1.54) is 22.2 Å². The molecule has 0 saturated carbocycles. The van der Waals surface area contributed by atoms with Crippen molar-refractivity contribution in [3.63, 3.8) is 0 Å². The summed E-state index contributed by atoms with van der Waals surface area (Å²) < 4.78 is 1.43. The molecule has 20 heavy (non-hydrogen) atoms. The molecule has 3 heterocycles. The van der Waals surface area contributed by atoms with E-state index in [1.807, 2.05) is 24.4 Å². The highest BCUT2D eigenvalue weighted by Crippen LogP contribution is 2.22. The highest BCUT2D eigenvalue weighted by atomic mass is 35.5. The van der Waals surface area contributed by atoms with Crippen molar-refractivity contribution in [2.24, 2.45) is 0 Å². The van der Waals surface area contributed by atoms with Crippen LogP contribution >= 0.6 is 22.9 Å². The molecular formula is C11H10ClN7S. The molecule has 3 rings (SSSR count). The first-order valence-corrected chi connectivity index (χ1v) is 7.04. The first kappa shape index (κ1) is 12.9. The summed E-state index contributed by atoms with van der Waals surface area (Å²) in [4.78, 5) is 17.4. The molecule has 1 N–H and O–H groups in total. The molecule has 3 aromatic rings. The van der Waals surface area contributed by atoms with Gasteiger partial charge in [0.2, 0.25) is 11.2 Å². The van der Waals surface area contributed by atoms with Gasteiger partial charge >= 0.3 is 0 Å². The molecule has 1 atom stereocenters. The molecule has 0 fully saturated rings. The number of nitrogens with zero attached hydrogens (tertiary/aromatic N) is 6. The van der Waals surface area contributed by atoms with Crippen molar-refractivity contribution in [2.75, 3.05) is 5.32 Å². The topological polar surface area (TPSA) is 81.4 Å². The van der Waals surface area contributed by atoms with Crippen molar-refractivity contribution in [1.29, 1.82) is 0 Å². The van der Waals surface area contributed by atoms with E-state index in [9.17, 15) is 0 Å². The Bertz CT molecular complexity index is 683. The lowest BCUT2D eigenvalue weighted by molar-refractivity contribution is 0.784. The van der Waals surface area contributed by atoms with Gasteiger partial charge in [0.1, 0.15) is 12.7 Å². The Morgan fingerprint density at radius 2 is 2.25 bits per heavy atom. The number of halogens is 1. The molecule has 102 valence electrons. The maximum atomic E-state index is 5.91. The first-order valence-electron chi connectivity index (χ1n) is 5.79. The van der Waals surface area contributed by atoms with Gasteiger partial charge in [-0.15, -0.1) is 11.3 Å². The van der Waals surface area contributed by atoms with Crippen molar-refractivity contribution in [1.82, 2.24) is 29.7 Å². The third-order valence-electron chi connectivity index (χ3n) is 2.54. The molecule has 0 spiro atoms. The van der Waals surface area contributed by atoms with E-state index in [0.29, 0.717) is 11.9 Å². The quantitative estimate of drug-likeness (QED) is 0.796. The van der Waals surface area contributed by atoms with Gasteiger partial charge in [0, 0.05) is 4.88 Å². The van der Waals surface area contributed by atoms with Crippen molar-refractivity contribution >= 4 is 28.9 Å². The summed E-state index contributed by atoms with van der Waals surface area (Å²) in [6.45, 7) is 2.03. The predicted molar refractivity (Wildman–Crippen MR) is 76.1 cm³/mol. The second-order valence-corrected chi connectivity index (χ2v) is 5.27. The van der Waals surface area contributed by atoms with E-state index >= 15 is 0 Å². The normalized spacial score (nSPS) is 12.3. The number of hydrogen-bond donors (Lipinski definition) is 1. The summed E-state index contributed by atoms with van der Waals surface area (Å²) in [6, 6.07) is 4.13. The van der Waals surface area contributed by atoms with Gasteiger partial charge in [0.05, 0.1) is 6.04 Å². The summed E-state index contributed by atoms with van der Waals surface area (Å²) in [5.41, 5.74) is 0. The zero-order valence-electron chi connectivity index (χ0n) is 10.4. The minimum absolute atomic E-state index is 0.0806. The Hall–Kier alpha value is -2.06. The number of hydrogen-bond acceptors (Lipinski definition) is 7. The zero-order chi connectivity index (χ0) is 13.9. The van der Waals surface area contributed by atoms with Gasteiger partial charge in [-0.2, -0.15) is 24.7 Å². The summed E-state index contributed by atoms with van der Waals surface area (Å²) in [5, 5.41) is 9.28. The van der Waals surface area contributed by atoms with Crippen LogP contribution in [0.2, 0.25) is 5.28 Å². The molecule has 0 aliphatic rings. The summed E-state index contributed by atoms with van der Waals surface area (Å²) in [5.74, 6) is 0.722. The Morgan fingerprint density at radius 1 is 1.35 bits per heavy atom. The Balaban J connectivity index is 1.87. The molecule has 3 aromatic heterocycles. The summed E-state index contributed by atoms with van der Waals surface area (Å²) in [7, 11) is 0. The second kappa shape index (κ2) is 5.51. The number of anilines is 1. The lowest BCUT2D eigenvalue weighted by atomic mass is 10.3. The SMILES string of the molecule is CC(Nc1nc(Cl)nc(-n2cncn2)n1)c1cccs1. The minimum Gasteiger partial charge on any atom is -0.347 e. The number of nitrogens with one attached hydrogen (secondary N) is 1. The Labute approximate surface area is 123 Å². The minimum atomic E-state index is 0.0806. The Kier molecular flexibility index (Phi) is 3.57. The first-order chi connectivity index (χ1) is 9.72. The van der Waals surface area contributed by atoms with Gasteiger partial charge in [-0.1, -0.05) is 6.07 Å². The predicted octanol–water partition coefficient (Wildman–Crippen LogP) is 2.34. The number of aromatic nitrogens is 6. The van der Waals surface area contributed by atoms with Crippen LogP contribution in [0.15, 0.2) is 30.2 Å². The van der Waals surface area contributed by atoms with Gasteiger partial charge in [0.25, 0.3) is 5.95 Å². The smallest absolute Gasteiger partial charge is 0.258 e. The average Bonchev–Trinajstić information content (AvgIpc) is 3.12. The van der Waals surface area contributed by atoms with Crippen LogP contribution in [0.1, 0.15) is 17.8 Å². The van der Waals surface area contributed by atoms with E-state index in [0.717, 1.165) is 0 Å². The summed E-state index contributed by atoms with van der Waals surface area (Å²) in [6.07, 6.45) is 2.90. The summed E-state index contributed by atoms with van der Waals surface area (Å²) >= 11 is 7.58. The maximum Gasteiger partial charge on any atom is 0.258 e. The lowest BCUT2D eigenvalue weighted by Gasteiger charge is -2.12. The van der Waals surface area contributed by atoms with E-state index in [4.69, 9.17) is 11.6 Å².